The van der Waals surface area contributed by atoms with Gasteiger partial charge in [0.2, 0.25) is 0 Å². The highest BCUT2D eigenvalue weighted by atomic mass is 127. The minimum absolute atomic E-state index is 0. The van der Waals surface area contributed by atoms with E-state index in [1.807, 2.05) is 7.05 Å². The Balaban J connectivity index is 0.00000225. The molecular weight excluding hydrogens is 427 g/mol. The molecule has 2 fully saturated rings. The lowest BCUT2D eigenvalue weighted by atomic mass is 10.1. The van der Waals surface area contributed by atoms with Crippen molar-refractivity contribution in [3.05, 3.63) is 24.0 Å². The van der Waals surface area contributed by atoms with Crippen molar-refractivity contribution in [2.75, 3.05) is 26.7 Å². The lowest BCUT2D eigenvalue weighted by molar-refractivity contribution is 0.00100. The summed E-state index contributed by atoms with van der Waals surface area (Å²) in [5.74, 6) is 1.83. The molecule has 0 spiro atoms. The normalized spacial score (nSPS) is 19.9. The van der Waals surface area contributed by atoms with Crippen molar-refractivity contribution in [2.24, 2.45) is 18.0 Å². The summed E-state index contributed by atoms with van der Waals surface area (Å²) in [6, 6.07) is 4.22. The van der Waals surface area contributed by atoms with E-state index in [-0.39, 0.29) is 24.0 Å². The number of nitrogens with one attached hydrogen (secondary N) is 1. The van der Waals surface area contributed by atoms with E-state index in [1.165, 1.54) is 31.4 Å². The lowest BCUT2D eigenvalue weighted by Crippen LogP contribution is -2.47. The molecule has 5 nitrogen and oxygen atoms in total. The van der Waals surface area contributed by atoms with Crippen LogP contribution >= 0.6 is 24.0 Å². The summed E-state index contributed by atoms with van der Waals surface area (Å²) < 4.78 is 8.32. The van der Waals surface area contributed by atoms with E-state index in [4.69, 9.17) is 4.74 Å². The second kappa shape index (κ2) is 10.4. The molecule has 25 heavy (non-hydrogen) atoms. The van der Waals surface area contributed by atoms with E-state index < -0.39 is 0 Å². The summed E-state index contributed by atoms with van der Waals surface area (Å²) >= 11 is 0. The number of ether oxygens (including phenoxy) is 1. The van der Waals surface area contributed by atoms with E-state index in [0.29, 0.717) is 6.10 Å². The number of nitrogens with zero attached hydrogens (tertiary/aromatic N) is 3. The lowest BCUT2D eigenvalue weighted by Gasteiger charge is -2.34. The van der Waals surface area contributed by atoms with Crippen molar-refractivity contribution < 1.29 is 4.74 Å². The summed E-state index contributed by atoms with van der Waals surface area (Å²) in [5.41, 5.74) is 1.27. The first kappa shape index (κ1) is 20.6. The first-order chi connectivity index (χ1) is 11.8. The van der Waals surface area contributed by atoms with Gasteiger partial charge in [0, 0.05) is 45.7 Å². The van der Waals surface area contributed by atoms with Gasteiger partial charge in [-0.25, -0.2) is 0 Å². The Morgan fingerprint density at radius 2 is 1.96 bits per heavy atom. The zero-order chi connectivity index (χ0) is 16.8. The monoisotopic (exact) mass is 460 g/mol. The molecule has 0 atom stereocenters. The molecule has 2 heterocycles. The molecule has 0 unspecified atom stereocenters. The number of rotatable bonds is 5. The number of aliphatic imine (C=N–C) groups is 1. The summed E-state index contributed by atoms with van der Waals surface area (Å²) in [6.45, 7) is 3.85. The fraction of sp³-hybridized carbons (Fsp3) is 0.737. The van der Waals surface area contributed by atoms with Crippen molar-refractivity contribution >= 4 is 29.9 Å². The molecule has 1 aliphatic heterocycles. The predicted octanol–water partition coefficient (Wildman–Crippen LogP) is 3.39. The first-order valence-electron chi connectivity index (χ1n) is 9.43. The van der Waals surface area contributed by atoms with Gasteiger partial charge in [0.1, 0.15) is 0 Å². The largest absolute Gasteiger partial charge is 0.378 e. The molecule has 1 aromatic heterocycles. The summed E-state index contributed by atoms with van der Waals surface area (Å²) in [7, 11) is 3.95. The highest BCUT2D eigenvalue weighted by molar-refractivity contribution is 14.0. The van der Waals surface area contributed by atoms with Crippen LogP contribution in [0.1, 0.15) is 44.2 Å². The standard InChI is InChI=1S/C19H32N4O.HI/c1-20-19(21-14-17-8-5-11-22(17)2)23-12-9-18(10-13-23)24-15-16-6-3-4-7-16;/h5,8,11,16,18H,3-4,6-7,9-10,12-15H2,1-2H3,(H,20,21);1H. The van der Waals surface area contributed by atoms with Crippen LogP contribution in [0.25, 0.3) is 0 Å². The van der Waals surface area contributed by atoms with Gasteiger partial charge in [0.05, 0.1) is 12.6 Å². The van der Waals surface area contributed by atoms with Gasteiger partial charge in [-0.3, -0.25) is 4.99 Å². The summed E-state index contributed by atoms with van der Waals surface area (Å²) in [4.78, 5) is 6.82. The second-order valence-electron chi connectivity index (χ2n) is 7.18. The van der Waals surface area contributed by atoms with Gasteiger partial charge in [-0.2, -0.15) is 0 Å². The molecule has 1 N–H and O–H groups in total. The zero-order valence-corrected chi connectivity index (χ0v) is 17.9. The van der Waals surface area contributed by atoms with Crippen LogP contribution in [0.3, 0.4) is 0 Å². The molecule has 0 radical (unpaired) electrons. The summed E-state index contributed by atoms with van der Waals surface area (Å²) in [5, 5.41) is 3.49. The van der Waals surface area contributed by atoms with Crippen LogP contribution in [0.4, 0.5) is 0 Å². The highest BCUT2D eigenvalue weighted by Gasteiger charge is 2.23. The average Bonchev–Trinajstić information content (AvgIpc) is 3.26. The minimum atomic E-state index is 0. The number of aryl methyl sites for hydroxylation is 1. The fourth-order valence-electron chi connectivity index (χ4n) is 3.87. The maximum Gasteiger partial charge on any atom is 0.193 e. The Morgan fingerprint density at radius 3 is 2.56 bits per heavy atom. The zero-order valence-electron chi connectivity index (χ0n) is 15.6. The Labute approximate surface area is 169 Å². The maximum atomic E-state index is 6.17. The van der Waals surface area contributed by atoms with Crippen LogP contribution in [0.5, 0.6) is 0 Å². The van der Waals surface area contributed by atoms with Crippen LogP contribution in [-0.4, -0.2) is 48.3 Å². The van der Waals surface area contributed by atoms with E-state index in [9.17, 15) is 0 Å². The average molecular weight is 460 g/mol. The van der Waals surface area contributed by atoms with Gasteiger partial charge in [0.15, 0.2) is 5.96 Å². The van der Waals surface area contributed by atoms with Crippen molar-refractivity contribution in [1.29, 1.82) is 0 Å². The van der Waals surface area contributed by atoms with Crippen LogP contribution in [-0.2, 0) is 18.3 Å². The van der Waals surface area contributed by atoms with E-state index in [2.05, 4.69) is 45.2 Å². The van der Waals surface area contributed by atoms with E-state index >= 15 is 0 Å². The van der Waals surface area contributed by atoms with Gasteiger partial charge >= 0.3 is 0 Å². The SMILES string of the molecule is CN=C(NCc1cccn1C)N1CCC(OCC2CCCC2)CC1.I. The first-order valence-corrected chi connectivity index (χ1v) is 9.43. The fourth-order valence-corrected chi connectivity index (χ4v) is 3.87. The highest BCUT2D eigenvalue weighted by Crippen LogP contribution is 2.26. The van der Waals surface area contributed by atoms with Gasteiger partial charge < -0.3 is 19.5 Å². The van der Waals surface area contributed by atoms with Crippen LogP contribution in [0, 0.1) is 5.92 Å². The van der Waals surface area contributed by atoms with E-state index in [0.717, 1.165) is 51.0 Å². The predicted molar refractivity (Wildman–Crippen MR) is 114 cm³/mol. The molecule has 1 aromatic rings. The molecule has 1 saturated heterocycles. The van der Waals surface area contributed by atoms with Crippen molar-refractivity contribution in [3.63, 3.8) is 0 Å². The van der Waals surface area contributed by atoms with Gasteiger partial charge in [-0.1, -0.05) is 12.8 Å². The van der Waals surface area contributed by atoms with Gasteiger partial charge in [0.25, 0.3) is 0 Å². The Bertz CT molecular complexity index is 531. The third-order valence-electron chi connectivity index (χ3n) is 5.47. The van der Waals surface area contributed by atoms with Crippen molar-refractivity contribution in [2.45, 2.75) is 51.2 Å². The van der Waals surface area contributed by atoms with Crippen LogP contribution in [0.15, 0.2) is 23.3 Å². The molecule has 0 amide bonds. The maximum absolute atomic E-state index is 6.17. The Morgan fingerprint density at radius 1 is 1.24 bits per heavy atom. The number of hydrogen-bond donors (Lipinski definition) is 1. The molecule has 0 aromatic carbocycles. The number of guanidine groups is 1. The number of likely N-dealkylation sites (tertiary alicyclic amines) is 1. The number of piperidine rings is 1. The minimum Gasteiger partial charge on any atom is -0.378 e. The quantitative estimate of drug-likeness (QED) is 0.416. The Kier molecular flexibility index (Phi) is 8.55. The van der Waals surface area contributed by atoms with Gasteiger partial charge in [-0.05, 0) is 43.7 Å². The third-order valence-corrected chi connectivity index (χ3v) is 5.47. The molecule has 0 bridgehead atoms. The summed E-state index contributed by atoms with van der Waals surface area (Å²) in [6.07, 6.45) is 10.3. The molecule has 1 aliphatic carbocycles. The Hall–Kier alpha value is -0.760. The number of halogens is 1. The molecular formula is C19H33IN4O. The smallest absolute Gasteiger partial charge is 0.193 e. The van der Waals surface area contributed by atoms with Crippen molar-refractivity contribution in [1.82, 2.24) is 14.8 Å². The van der Waals surface area contributed by atoms with Crippen LogP contribution in [0.2, 0.25) is 0 Å². The number of hydrogen-bond acceptors (Lipinski definition) is 2. The van der Waals surface area contributed by atoms with Crippen molar-refractivity contribution in [3.8, 4) is 0 Å². The third kappa shape index (κ3) is 5.88. The van der Waals surface area contributed by atoms with Gasteiger partial charge in [-0.15, -0.1) is 24.0 Å². The molecule has 3 rings (SSSR count). The molecule has 6 heteroatoms. The van der Waals surface area contributed by atoms with Crippen LogP contribution < -0.4 is 5.32 Å². The number of aromatic nitrogens is 1. The topological polar surface area (TPSA) is 41.8 Å². The second-order valence-corrected chi connectivity index (χ2v) is 7.18. The molecule has 142 valence electrons. The van der Waals surface area contributed by atoms with E-state index in [1.54, 1.807) is 0 Å². The molecule has 2 aliphatic rings. The molecule has 1 saturated carbocycles.